The Morgan fingerprint density at radius 2 is 2.18 bits per heavy atom. The van der Waals surface area contributed by atoms with Crippen LogP contribution < -0.4 is 0 Å². The lowest BCUT2D eigenvalue weighted by molar-refractivity contribution is 0.133. The molecule has 0 heterocycles. The second kappa shape index (κ2) is 4.55. The number of hydrogen-bond acceptors (Lipinski definition) is 1. The minimum absolute atomic E-state index is 0.804. The molecule has 0 amide bonds. The molecule has 1 aliphatic rings. The smallest absolute Gasteiger partial charge is 0.0493 e. The van der Waals surface area contributed by atoms with E-state index in [0.717, 1.165) is 18.4 Å². The first kappa shape index (κ1) is 8.79. The molecule has 64 valence electrons. The van der Waals surface area contributed by atoms with Gasteiger partial charge in [-0.05, 0) is 31.1 Å². The molecule has 1 rings (SSSR count). The van der Waals surface area contributed by atoms with Gasteiger partial charge in [-0.25, -0.2) is 0 Å². The Labute approximate surface area is 69.4 Å². The fourth-order valence-electron chi connectivity index (χ4n) is 2.07. The van der Waals surface area contributed by atoms with Crippen LogP contribution in [0.1, 0.15) is 25.7 Å². The Balaban J connectivity index is 2.31. The third-order valence-corrected chi connectivity index (χ3v) is 2.67. The molecular weight excluding hydrogens is 136 g/mol. The largest absolute Gasteiger partial charge is 0.384 e. The van der Waals surface area contributed by atoms with Crippen molar-refractivity contribution in [2.75, 3.05) is 13.7 Å². The second-order valence-electron chi connectivity index (χ2n) is 3.43. The molecule has 0 bridgehead atoms. The van der Waals surface area contributed by atoms with Gasteiger partial charge in [-0.1, -0.05) is 12.5 Å². The number of hydrogen-bond donors (Lipinski definition) is 0. The van der Waals surface area contributed by atoms with Crippen LogP contribution in [0.25, 0.3) is 0 Å². The van der Waals surface area contributed by atoms with E-state index in [2.05, 4.69) is 6.58 Å². The zero-order chi connectivity index (χ0) is 8.10. The molecule has 2 atom stereocenters. The average molecular weight is 154 g/mol. The lowest BCUT2D eigenvalue weighted by atomic mass is 9.94. The summed E-state index contributed by atoms with van der Waals surface area (Å²) in [6.45, 7) is 4.72. The SMILES string of the molecule is C=CCC1CCCC1COC. The fourth-order valence-corrected chi connectivity index (χ4v) is 2.07. The Bertz CT molecular complexity index is 120. The molecule has 0 radical (unpaired) electrons. The van der Waals surface area contributed by atoms with E-state index in [1.807, 2.05) is 6.08 Å². The van der Waals surface area contributed by atoms with E-state index in [-0.39, 0.29) is 0 Å². The highest BCUT2D eigenvalue weighted by molar-refractivity contribution is 4.82. The summed E-state index contributed by atoms with van der Waals surface area (Å²) < 4.78 is 5.17. The minimum atomic E-state index is 0.804. The van der Waals surface area contributed by atoms with Gasteiger partial charge >= 0.3 is 0 Å². The van der Waals surface area contributed by atoms with Crippen molar-refractivity contribution < 1.29 is 4.74 Å². The number of allylic oxidation sites excluding steroid dienone is 1. The van der Waals surface area contributed by atoms with Crippen LogP contribution in [0.4, 0.5) is 0 Å². The zero-order valence-corrected chi connectivity index (χ0v) is 7.38. The first-order chi connectivity index (χ1) is 5.38. The summed E-state index contributed by atoms with van der Waals surface area (Å²) >= 11 is 0. The van der Waals surface area contributed by atoms with Crippen molar-refractivity contribution in [3.05, 3.63) is 12.7 Å². The second-order valence-corrected chi connectivity index (χ2v) is 3.43. The quantitative estimate of drug-likeness (QED) is 0.566. The number of rotatable bonds is 4. The predicted octanol–water partition coefficient (Wildman–Crippen LogP) is 2.63. The highest BCUT2D eigenvalue weighted by Crippen LogP contribution is 2.34. The molecule has 0 aliphatic heterocycles. The summed E-state index contributed by atoms with van der Waals surface area (Å²) in [7, 11) is 1.79. The van der Waals surface area contributed by atoms with E-state index in [9.17, 15) is 0 Å². The summed E-state index contributed by atoms with van der Waals surface area (Å²) in [4.78, 5) is 0. The maximum absolute atomic E-state index is 5.17. The Morgan fingerprint density at radius 3 is 2.82 bits per heavy atom. The first-order valence-corrected chi connectivity index (χ1v) is 4.48. The van der Waals surface area contributed by atoms with Crippen molar-refractivity contribution in [3.8, 4) is 0 Å². The van der Waals surface area contributed by atoms with Crippen molar-refractivity contribution >= 4 is 0 Å². The van der Waals surface area contributed by atoms with Gasteiger partial charge in [0.05, 0.1) is 0 Å². The van der Waals surface area contributed by atoms with Gasteiger partial charge in [0, 0.05) is 13.7 Å². The Morgan fingerprint density at radius 1 is 1.45 bits per heavy atom. The van der Waals surface area contributed by atoms with Crippen LogP contribution in [-0.4, -0.2) is 13.7 Å². The van der Waals surface area contributed by atoms with E-state index in [1.54, 1.807) is 7.11 Å². The number of ether oxygens (including phenoxy) is 1. The van der Waals surface area contributed by atoms with Crippen molar-refractivity contribution in [2.24, 2.45) is 11.8 Å². The molecule has 1 nitrogen and oxygen atoms in total. The van der Waals surface area contributed by atoms with E-state index < -0.39 is 0 Å². The van der Waals surface area contributed by atoms with Crippen LogP contribution in [0, 0.1) is 11.8 Å². The normalized spacial score (nSPS) is 30.6. The van der Waals surface area contributed by atoms with Gasteiger partial charge < -0.3 is 4.74 Å². The van der Waals surface area contributed by atoms with Crippen LogP contribution in [0.15, 0.2) is 12.7 Å². The highest BCUT2D eigenvalue weighted by atomic mass is 16.5. The molecule has 1 saturated carbocycles. The van der Waals surface area contributed by atoms with E-state index in [4.69, 9.17) is 4.74 Å². The van der Waals surface area contributed by atoms with E-state index in [0.29, 0.717) is 0 Å². The van der Waals surface area contributed by atoms with E-state index >= 15 is 0 Å². The fraction of sp³-hybridized carbons (Fsp3) is 0.800. The number of methoxy groups -OCH3 is 1. The van der Waals surface area contributed by atoms with Gasteiger partial charge in [-0.3, -0.25) is 0 Å². The van der Waals surface area contributed by atoms with Gasteiger partial charge in [0.15, 0.2) is 0 Å². The van der Waals surface area contributed by atoms with Gasteiger partial charge in [0.25, 0.3) is 0 Å². The Kier molecular flexibility index (Phi) is 3.64. The van der Waals surface area contributed by atoms with E-state index in [1.165, 1.54) is 25.7 Å². The maximum Gasteiger partial charge on any atom is 0.0493 e. The van der Waals surface area contributed by atoms with Crippen LogP contribution in [0.3, 0.4) is 0 Å². The lowest BCUT2D eigenvalue weighted by Crippen LogP contribution is -2.12. The molecule has 1 fully saturated rings. The van der Waals surface area contributed by atoms with Crippen LogP contribution in [0.2, 0.25) is 0 Å². The highest BCUT2D eigenvalue weighted by Gasteiger charge is 2.25. The molecule has 0 aromatic carbocycles. The summed E-state index contributed by atoms with van der Waals surface area (Å²) in [6, 6.07) is 0. The van der Waals surface area contributed by atoms with Crippen molar-refractivity contribution in [1.29, 1.82) is 0 Å². The van der Waals surface area contributed by atoms with Gasteiger partial charge in [-0.2, -0.15) is 0 Å². The Hall–Kier alpha value is -0.300. The molecule has 1 aliphatic carbocycles. The minimum Gasteiger partial charge on any atom is -0.384 e. The molecule has 0 aromatic rings. The lowest BCUT2D eigenvalue weighted by Gasteiger charge is -2.16. The van der Waals surface area contributed by atoms with Gasteiger partial charge in [0.2, 0.25) is 0 Å². The molecule has 0 spiro atoms. The third kappa shape index (κ3) is 2.33. The molecule has 0 saturated heterocycles. The summed E-state index contributed by atoms with van der Waals surface area (Å²) in [5, 5.41) is 0. The molecule has 0 aromatic heterocycles. The van der Waals surface area contributed by atoms with Gasteiger partial charge in [-0.15, -0.1) is 6.58 Å². The van der Waals surface area contributed by atoms with Crippen molar-refractivity contribution in [2.45, 2.75) is 25.7 Å². The van der Waals surface area contributed by atoms with Crippen molar-refractivity contribution in [3.63, 3.8) is 0 Å². The standard InChI is InChI=1S/C10H18O/c1-3-5-9-6-4-7-10(9)8-11-2/h3,9-10H,1,4-8H2,2H3. The predicted molar refractivity (Wildman–Crippen MR) is 47.5 cm³/mol. The van der Waals surface area contributed by atoms with Crippen molar-refractivity contribution in [1.82, 2.24) is 0 Å². The van der Waals surface area contributed by atoms with Crippen LogP contribution >= 0.6 is 0 Å². The topological polar surface area (TPSA) is 9.23 Å². The summed E-state index contributed by atoms with van der Waals surface area (Å²) in [5.41, 5.74) is 0. The summed E-state index contributed by atoms with van der Waals surface area (Å²) in [5.74, 6) is 1.66. The molecular formula is C10H18O. The first-order valence-electron chi connectivity index (χ1n) is 4.48. The summed E-state index contributed by atoms with van der Waals surface area (Å²) in [6.07, 6.45) is 7.32. The van der Waals surface area contributed by atoms with Crippen LogP contribution in [0.5, 0.6) is 0 Å². The zero-order valence-electron chi connectivity index (χ0n) is 7.38. The third-order valence-electron chi connectivity index (χ3n) is 2.67. The molecule has 1 heteroatoms. The molecule has 2 unspecified atom stereocenters. The van der Waals surface area contributed by atoms with Crippen LogP contribution in [-0.2, 0) is 4.74 Å². The molecule has 0 N–H and O–H groups in total. The molecule has 11 heavy (non-hydrogen) atoms. The monoisotopic (exact) mass is 154 g/mol. The van der Waals surface area contributed by atoms with Gasteiger partial charge in [0.1, 0.15) is 0 Å². The average Bonchev–Trinajstić information content (AvgIpc) is 2.39. The maximum atomic E-state index is 5.17.